The maximum atomic E-state index is 14.5. The molecule has 1 aromatic carbocycles. The molecular weight excluding hydrogens is 517 g/mol. The molecule has 0 radical (unpaired) electrons. The van der Waals surface area contributed by atoms with Crippen molar-refractivity contribution in [3.8, 4) is 0 Å². The number of fused-ring (bicyclic) bond motifs is 1. The molecule has 3 aromatic rings. The van der Waals surface area contributed by atoms with Gasteiger partial charge in [0, 0.05) is 24.9 Å². The predicted octanol–water partition coefficient (Wildman–Crippen LogP) is 0.577. The van der Waals surface area contributed by atoms with E-state index in [9.17, 15) is 22.8 Å². The zero-order valence-corrected chi connectivity index (χ0v) is 20.0. The summed E-state index contributed by atoms with van der Waals surface area (Å²) in [4.78, 5) is 31.3. The van der Waals surface area contributed by atoms with Crippen LogP contribution in [0.3, 0.4) is 0 Å². The fraction of sp³-hybridized carbons (Fsp3) is 0.238. The minimum absolute atomic E-state index is 0.0477. The number of benzene rings is 1. The number of aromatic nitrogens is 7. The summed E-state index contributed by atoms with van der Waals surface area (Å²) < 4.78 is 43.5. The van der Waals surface area contributed by atoms with Gasteiger partial charge in [-0.1, -0.05) is 11.6 Å². The summed E-state index contributed by atoms with van der Waals surface area (Å²) >= 11 is 6.41. The molecule has 192 valence electrons. The quantitative estimate of drug-likeness (QED) is 0.436. The van der Waals surface area contributed by atoms with Gasteiger partial charge in [-0.2, -0.15) is 9.78 Å². The van der Waals surface area contributed by atoms with Crippen LogP contribution >= 0.6 is 11.6 Å². The molecule has 2 aliphatic rings. The molecule has 0 bridgehead atoms. The molecule has 0 fully saturated rings. The van der Waals surface area contributed by atoms with Gasteiger partial charge in [-0.25, -0.2) is 32.8 Å². The largest absolute Gasteiger partial charge is 0.355 e. The third kappa shape index (κ3) is 4.77. The van der Waals surface area contributed by atoms with Crippen LogP contribution in [0.15, 0.2) is 56.4 Å². The minimum Gasteiger partial charge on any atom is -0.324 e. The fourth-order valence-electron chi connectivity index (χ4n) is 3.87. The van der Waals surface area contributed by atoms with Crippen molar-refractivity contribution in [3.05, 3.63) is 96.6 Å². The molecule has 37 heavy (non-hydrogen) atoms. The lowest BCUT2D eigenvalue weighted by Gasteiger charge is -2.21. The van der Waals surface area contributed by atoms with Crippen molar-refractivity contribution in [2.45, 2.75) is 19.1 Å². The lowest BCUT2D eigenvalue weighted by Crippen LogP contribution is -2.43. The first-order chi connectivity index (χ1) is 17.6. The molecular formula is C21H18ClF3N10O2. The van der Waals surface area contributed by atoms with Gasteiger partial charge in [0.15, 0.2) is 17.5 Å². The lowest BCUT2D eigenvalue weighted by atomic mass is 10.0. The summed E-state index contributed by atoms with van der Waals surface area (Å²) in [5.41, 5.74) is 2.03. The standard InChI is InChI=1S/C21H18ClF3N10O2/c1-32-7-11-4-17(12(22)5-16(11)29-32)26-19-27-20(36)35(9-18-28-31-33(2)30-18)21(37)34(19)8-10-3-14(24)15(25)6-13(10)23/h3-7,16,29H,8-9H2,1-2H3,(H,26,27,36). The van der Waals surface area contributed by atoms with Crippen molar-refractivity contribution in [1.82, 2.24) is 44.8 Å². The molecule has 2 N–H and O–H groups in total. The maximum absolute atomic E-state index is 14.5. The van der Waals surface area contributed by atoms with Crippen LogP contribution in [0.4, 0.5) is 19.1 Å². The highest BCUT2D eigenvalue weighted by Gasteiger charge is 2.26. The van der Waals surface area contributed by atoms with Crippen LogP contribution in [-0.4, -0.2) is 52.4 Å². The van der Waals surface area contributed by atoms with Gasteiger partial charge in [-0.05, 0) is 29.0 Å². The highest BCUT2D eigenvalue weighted by atomic mass is 35.5. The number of rotatable bonds is 6. The lowest BCUT2D eigenvalue weighted by molar-refractivity contribution is 0.349. The summed E-state index contributed by atoms with van der Waals surface area (Å²) in [6.07, 6.45) is 5.21. The topological polar surface area (TPSA) is 128 Å². The third-order valence-corrected chi connectivity index (χ3v) is 5.92. The molecule has 1 unspecified atom stereocenters. The summed E-state index contributed by atoms with van der Waals surface area (Å²) in [6, 6.07) is 0.819. The number of halogens is 4. The number of hydrogen-bond donors (Lipinski definition) is 2. The first kappa shape index (κ1) is 24.5. The SMILES string of the molecule is CN1C=C2C=C(Nc3nc(=O)n(Cc4nnn(C)n4)c(=O)n3Cc3cc(F)c(F)cc3F)C(Cl)=CC2N1. The van der Waals surface area contributed by atoms with Crippen molar-refractivity contribution in [2.24, 2.45) is 7.05 Å². The van der Waals surface area contributed by atoms with E-state index in [-0.39, 0.29) is 35.0 Å². The first-order valence-corrected chi connectivity index (χ1v) is 11.1. The number of nitrogens with zero attached hydrogens (tertiary/aromatic N) is 8. The normalized spacial score (nSPS) is 16.9. The second-order valence-electron chi connectivity index (χ2n) is 8.27. The Kier molecular flexibility index (Phi) is 6.16. The van der Waals surface area contributed by atoms with Crippen LogP contribution in [0.2, 0.25) is 0 Å². The summed E-state index contributed by atoms with van der Waals surface area (Å²) in [6.45, 7) is -0.968. The smallest absolute Gasteiger partial charge is 0.324 e. The molecule has 16 heteroatoms. The summed E-state index contributed by atoms with van der Waals surface area (Å²) in [5, 5.41) is 16.2. The number of hydrazine groups is 1. The number of allylic oxidation sites excluding steroid dienone is 1. The molecule has 0 saturated heterocycles. The predicted molar refractivity (Wildman–Crippen MR) is 124 cm³/mol. The Balaban J connectivity index is 1.60. The van der Waals surface area contributed by atoms with Crippen LogP contribution in [0.1, 0.15) is 11.4 Å². The van der Waals surface area contributed by atoms with E-state index in [0.717, 1.165) is 14.9 Å². The van der Waals surface area contributed by atoms with Crippen LogP contribution < -0.4 is 22.1 Å². The van der Waals surface area contributed by atoms with Crippen molar-refractivity contribution in [3.63, 3.8) is 0 Å². The third-order valence-electron chi connectivity index (χ3n) is 5.59. The van der Waals surface area contributed by atoms with Crippen LogP contribution in [0.5, 0.6) is 0 Å². The van der Waals surface area contributed by atoms with Crippen LogP contribution in [0, 0.1) is 17.5 Å². The van der Waals surface area contributed by atoms with Gasteiger partial charge >= 0.3 is 11.4 Å². The molecule has 0 spiro atoms. The number of hydrogen-bond acceptors (Lipinski definition) is 9. The number of tetrazole rings is 1. The van der Waals surface area contributed by atoms with Gasteiger partial charge in [0.25, 0.3) is 0 Å². The van der Waals surface area contributed by atoms with Gasteiger partial charge in [-0.15, -0.1) is 10.2 Å². The van der Waals surface area contributed by atoms with E-state index in [2.05, 4.69) is 31.1 Å². The molecule has 3 heterocycles. The Bertz CT molecular complexity index is 1620. The molecule has 12 nitrogen and oxygen atoms in total. The Hall–Kier alpha value is -4.24. The Labute approximate surface area is 210 Å². The maximum Gasteiger partial charge on any atom is 0.355 e. The molecule has 1 atom stereocenters. The van der Waals surface area contributed by atoms with E-state index in [1.54, 1.807) is 24.2 Å². The van der Waals surface area contributed by atoms with E-state index >= 15 is 0 Å². The van der Waals surface area contributed by atoms with Crippen molar-refractivity contribution < 1.29 is 13.2 Å². The van der Waals surface area contributed by atoms with Gasteiger partial charge in [-0.3, -0.25) is 4.57 Å². The van der Waals surface area contributed by atoms with E-state index in [1.807, 2.05) is 6.20 Å². The minimum atomic E-state index is -1.38. The zero-order valence-electron chi connectivity index (χ0n) is 19.3. The molecule has 2 aromatic heterocycles. The molecule has 1 aliphatic carbocycles. The summed E-state index contributed by atoms with van der Waals surface area (Å²) in [5.74, 6) is -4.02. The highest BCUT2D eigenvalue weighted by Crippen LogP contribution is 2.29. The number of nitrogens with one attached hydrogen (secondary N) is 2. The van der Waals surface area contributed by atoms with E-state index in [4.69, 9.17) is 11.6 Å². The van der Waals surface area contributed by atoms with Crippen molar-refractivity contribution >= 4 is 17.5 Å². The van der Waals surface area contributed by atoms with Crippen LogP contribution in [-0.2, 0) is 20.1 Å². The molecule has 1 aliphatic heterocycles. The van der Waals surface area contributed by atoms with Crippen molar-refractivity contribution in [2.75, 3.05) is 12.4 Å². The second kappa shape index (κ2) is 9.33. The van der Waals surface area contributed by atoms with Gasteiger partial charge in [0.05, 0.1) is 36.9 Å². The monoisotopic (exact) mass is 534 g/mol. The van der Waals surface area contributed by atoms with E-state index in [0.29, 0.717) is 22.4 Å². The second-order valence-corrected chi connectivity index (χ2v) is 8.68. The Morgan fingerprint density at radius 1 is 1.08 bits per heavy atom. The molecule has 0 saturated carbocycles. The van der Waals surface area contributed by atoms with E-state index < -0.39 is 35.4 Å². The van der Waals surface area contributed by atoms with Gasteiger partial charge in [0.2, 0.25) is 5.95 Å². The van der Waals surface area contributed by atoms with Gasteiger partial charge in [0.1, 0.15) is 5.82 Å². The van der Waals surface area contributed by atoms with E-state index in [1.165, 1.54) is 7.05 Å². The Morgan fingerprint density at radius 3 is 2.57 bits per heavy atom. The van der Waals surface area contributed by atoms with Gasteiger partial charge < -0.3 is 10.3 Å². The average molecular weight is 535 g/mol. The molecule has 0 amide bonds. The fourth-order valence-corrected chi connectivity index (χ4v) is 4.10. The first-order valence-electron chi connectivity index (χ1n) is 10.7. The number of anilines is 1. The average Bonchev–Trinajstić information content (AvgIpc) is 3.40. The highest BCUT2D eigenvalue weighted by molar-refractivity contribution is 6.32. The zero-order chi connectivity index (χ0) is 26.4. The van der Waals surface area contributed by atoms with Crippen LogP contribution in [0.25, 0.3) is 0 Å². The Morgan fingerprint density at radius 2 is 1.84 bits per heavy atom. The molecule has 5 rings (SSSR count). The van der Waals surface area contributed by atoms with Crippen molar-refractivity contribution in [1.29, 1.82) is 0 Å². The number of aryl methyl sites for hydroxylation is 1. The summed E-state index contributed by atoms with van der Waals surface area (Å²) in [7, 11) is 3.30.